The predicted molar refractivity (Wildman–Crippen MR) is 92.9 cm³/mol. The first-order chi connectivity index (χ1) is 10.2. The Kier molecular flexibility index (Phi) is 7.12. The summed E-state index contributed by atoms with van der Waals surface area (Å²) in [6.07, 6.45) is 4.64. The summed E-state index contributed by atoms with van der Waals surface area (Å²) >= 11 is -6.42. The van der Waals surface area contributed by atoms with Crippen molar-refractivity contribution in [1.29, 1.82) is 0 Å². The van der Waals surface area contributed by atoms with Crippen LogP contribution >= 0.6 is 0 Å². The van der Waals surface area contributed by atoms with Gasteiger partial charge in [-0.3, -0.25) is 0 Å². The summed E-state index contributed by atoms with van der Waals surface area (Å²) < 4.78 is 35.2. The molecule has 134 valence electrons. The van der Waals surface area contributed by atoms with E-state index in [4.69, 9.17) is 8.44 Å². The van der Waals surface area contributed by atoms with Gasteiger partial charge in [-0.05, 0) is 0 Å². The standard InChI is InChI=1S/C5H6FGe.3C4H9O.Zr/c6-7-5-3-1-2-4-5;3*1-4(2,3)5;/h1,3H,2,7H2;3*1-3H3;/q;3*-1;+3. The molecule has 0 spiro atoms. The summed E-state index contributed by atoms with van der Waals surface area (Å²) in [6.45, 7) is 18.1. The van der Waals surface area contributed by atoms with Crippen molar-refractivity contribution < 1.29 is 33.5 Å². The minimum atomic E-state index is -4.18. The van der Waals surface area contributed by atoms with Crippen LogP contribution in [0.5, 0.6) is 0 Å². The van der Waals surface area contributed by atoms with Gasteiger partial charge >= 0.3 is 155 Å². The van der Waals surface area contributed by atoms with Crippen LogP contribution in [0.25, 0.3) is 0 Å². The zero-order valence-corrected chi connectivity index (χ0v) is 21.6. The van der Waals surface area contributed by atoms with Crippen LogP contribution in [0.15, 0.2) is 19.8 Å². The first-order valence-corrected chi connectivity index (χ1v) is 15.1. The predicted octanol–water partition coefficient (Wildman–Crippen LogP) is 4.56. The third-order valence-electron chi connectivity index (χ3n) is 2.86. The zero-order chi connectivity index (χ0) is 18.1. The van der Waals surface area contributed by atoms with Gasteiger partial charge in [-0.15, -0.1) is 0 Å². The third kappa shape index (κ3) is 7.23. The van der Waals surface area contributed by atoms with E-state index < -0.39 is 54.3 Å². The molecule has 0 unspecified atom stereocenters. The Morgan fingerprint density at radius 3 is 1.57 bits per heavy atom. The van der Waals surface area contributed by atoms with Crippen LogP contribution < -0.4 is 0 Å². The first-order valence-electron chi connectivity index (χ1n) is 8.23. The monoisotopic (exact) mass is 468 g/mol. The Bertz CT molecular complexity index is 441. The molecule has 0 aromatic carbocycles. The summed E-state index contributed by atoms with van der Waals surface area (Å²) in [7, 11) is 0. The fraction of sp³-hybridized carbons (Fsp3) is 0.765. The number of hydrogen-bond donors (Lipinski definition) is 0. The molecule has 1 aliphatic rings. The SMILES string of the molecule is CC(C)(C)[O][Zr]([O]C(C)(C)C)([O]C(C)(C)C)[C]1=[C]([GeH2][F])C=CC1. The van der Waals surface area contributed by atoms with Crippen molar-refractivity contribution in [1.82, 2.24) is 0 Å². The van der Waals surface area contributed by atoms with Gasteiger partial charge in [-0.1, -0.05) is 0 Å². The molecule has 0 saturated carbocycles. The fourth-order valence-electron chi connectivity index (χ4n) is 2.45. The maximum absolute atomic E-state index is 13.7. The molecule has 0 aromatic heterocycles. The van der Waals surface area contributed by atoms with E-state index in [-0.39, 0.29) is 0 Å². The molecule has 0 heterocycles. The van der Waals surface area contributed by atoms with Gasteiger partial charge in [0.25, 0.3) is 0 Å². The van der Waals surface area contributed by atoms with Gasteiger partial charge in [0.05, 0.1) is 0 Å². The molecule has 0 bridgehead atoms. The molecule has 0 saturated heterocycles. The molecular formula is C17H33FGeO3Zr. The van der Waals surface area contributed by atoms with E-state index in [1.807, 2.05) is 74.5 Å². The molecule has 6 heteroatoms. The van der Waals surface area contributed by atoms with E-state index >= 15 is 0 Å². The molecule has 0 N–H and O–H groups in total. The van der Waals surface area contributed by atoms with Gasteiger partial charge in [0.1, 0.15) is 0 Å². The molecule has 1 aliphatic carbocycles. The van der Waals surface area contributed by atoms with Gasteiger partial charge in [-0.25, -0.2) is 0 Å². The van der Waals surface area contributed by atoms with Crippen molar-refractivity contribution in [3.63, 3.8) is 0 Å². The van der Waals surface area contributed by atoms with Gasteiger partial charge in [-0.2, -0.15) is 0 Å². The zero-order valence-electron chi connectivity index (χ0n) is 16.2. The van der Waals surface area contributed by atoms with Crippen LogP contribution in [-0.4, -0.2) is 32.7 Å². The Hall–Kier alpha value is 0.716. The number of rotatable bonds is 5. The summed E-state index contributed by atoms with van der Waals surface area (Å²) in [5, 5.41) is 0. The number of hydrogen-bond acceptors (Lipinski definition) is 3. The number of allylic oxidation sites excluding steroid dienone is 4. The maximum atomic E-state index is 13.7. The average molecular weight is 468 g/mol. The van der Waals surface area contributed by atoms with E-state index in [9.17, 15) is 3.50 Å². The van der Waals surface area contributed by atoms with E-state index in [0.717, 1.165) is 7.69 Å². The fourth-order valence-corrected chi connectivity index (χ4v) is 16.4. The molecule has 0 fully saturated rings. The van der Waals surface area contributed by atoms with E-state index in [1.54, 1.807) is 0 Å². The molecule has 0 radical (unpaired) electrons. The summed E-state index contributed by atoms with van der Waals surface area (Å²) in [4.78, 5) is 0. The minimum absolute atomic E-state index is 0.406. The van der Waals surface area contributed by atoms with Crippen molar-refractivity contribution in [3.8, 4) is 0 Å². The van der Waals surface area contributed by atoms with Gasteiger partial charge < -0.3 is 0 Å². The van der Waals surface area contributed by atoms with E-state index in [2.05, 4.69) is 0 Å². The van der Waals surface area contributed by atoms with Crippen LogP contribution in [0.3, 0.4) is 0 Å². The second-order valence-corrected chi connectivity index (χ2v) is 16.8. The van der Waals surface area contributed by atoms with Gasteiger partial charge in [0.15, 0.2) is 0 Å². The van der Waals surface area contributed by atoms with Gasteiger partial charge in [0.2, 0.25) is 0 Å². The molecule has 0 atom stereocenters. The Balaban J connectivity index is 3.45. The van der Waals surface area contributed by atoms with Crippen molar-refractivity contribution in [2.45, 2.75) is 85.5 Å². The van der Waals surface area contributed by atoms with Crippen molar-refractivity contribution >= 4 is 15.9 Å². The quantitative estimate of drug-likeness (QED) is 0.555. The molecule has 23 heavy (non-hydrogen) atoms. The molecular weight excluding hydrogens is 435 g/mol. The topological polar surface area (TPSA) is 27.7 Å². The number of halogens is 1. The van der Waals surface area contributed by atoms with Crippen molar-refractivity contribution in [2.24, 2.45) is 0 Å². The van der Waals surface area contributed by atoms with Crippen LogP contribution in [0.2, 0.25) is 0 Å². The van der Waals surface area contributed by atoms with E-state index in [1.165, 1.54) is 0 Å². The Morgan fingerprint density at radius 2 is 1.26 bits per heavy atom. The summed E-state index contributed by atoms with van der Waals surface area (Å²) in [5.41, 5.74) is -1.22. The Labute approximate surface area is 154 Å². The molecule has 1 rings (SSSR count). The summed E-state index contributed by atoms with van der Waals surface area (Å²) in [5.74, 6) is 0. The third-order valence-corrected chi connectivity index (χ3v) is 16.3. The summed E-state index contributed by atoms with van der Waals surface area (Å²) in [6, 6.07) is 0. The van der Waals surface area contributed by atoms with Crippen molar-refractivity contribution in [2.75, 3.05) is 0 Å². The van der Waals surface area contributed by atoms with Crippen LogP contribution in [0, 0.1) is 0 Å². The molecule has 0 aliphatic heterocycles. The molecule has 3 nitrogen and oxygen atoms in total. The Morgan fingerprint density at radius 1 is 0.870 bits per heavy atom. The second kappa shape index (κ2) is 7.53. The van der Waals surface area contributed by atoms with Crippen LogP contribution in [0.4, 0.5) is 3.50 Å². The first kappa shape index (κ1) is 21.8. The van der Waals surface area contributed by atoms with Crippen molar-refractivity contribution in [3.05, 3.63) is 19.8 Å². The van der Waals surface area contributed by atoms with Crippen LogP contribution in [0.1, 0.15) is 68.7 Å². The van der Waals surface area contributed by atoms with E-state index in [0.29, 0.717) is 6.42 Å². The second-order valence-electron chi connectivity index (χ2n) is 8.94. The van der Waals surface area contributed by atoms with Crippen LogP contribution in [-0.2, 0) is 30.0 Å². The molecule has 0 aromatic rings. The average Bonchev–Trinajstić information content (AvgIpc) is 2.69. The van der Waals surface area contributed by atoms with Gasteiger partial charge in [0, 0.05) is 0 Å². The normalized spacial score (nSPS) is 17.8. The molecule has 0 amide bonds.